The van der Waals surface area contributed by atoms with Gasteiger partial charge in [0.1, 0.15) is 0 Å². The first-order valence-corrected chi connectivity index (χ1v) is 4.46. The van der Waals surface area contributed by atoms with Crippen LogP contribution in [0.1, 0.15) is 5.56 Å². The summed E-state index contributed by atoms with van der Waals surface area (Å²) in [6.45, 7) is 0. The first kappa shape index (κ1) is 12.1. The van der Waals surface area contributed by atoms with Crippen LogP contribution in [-0.2, 0) is 0 Å². The molecule has 0 saturated heterocycles. The number of hydrazone groups is 1. The van der Waals surface area contributed by atoms with E-state index in [1.807, 2.05) is 30.5 Å². The molecule has 2 rings (SSSR count). The van der Waals surface area contributed by atoms with Crippen molar-refractivity contribution in [2.45, 2.75) is 0 Å². The molecule has 0 saturated carbocycles. The number of nitrogens with one attached hydrogen (secondary N) is 3. The molecule has 84 valence electrons. The average molecular weight is 238 g/mol. The summed E-state index contributed by atoms with van der Waals surface area (Å²) in [7, 11) is 0. The van der Waals surface area contributed by atoms with Crippen LogP contribution in [0.15, 0.2) is 35.6 Å². The van der Waals surface area contributed by atoms with Gasteiger partial charge < -0.3 is 10.7 Å². The van der Waals surface area contributed by atoms with E-state index in [0.29, 0.717) is 0 Å². The maximum absolute atomic E-state index is 6.91. The number of guanidine groups is 1. The number of hydrogen-bond donors (Lipinski definition) is 4. The molecule has 1 aromatic heterocycles. The Bertz CT molecular complexity index is 517. The number of benzene rings is 1. The molecule has 0 fully saturated rings. The van der Waals surface area contributed by atoms with Gasteiger partial charge >= 0.3 is 0 Å². The molecule has 0 spiro atoms. The number of nitrogens with two attached hydrogens (primary N) is 1. The van der Waals surface area contributed by atoms with Crippen LogP contribution in [0.25, 0.3) is 10.9 Å². The van der Waals surface area contributed by atoms with Crippen LogP contribution in [0.5, 0.6) is 0 Å². The van der Waals surface area contributed by atoms with Crippen LogP contribution < -0.4 is 11.2 Å². The minimum atomic E-state index is -0.172. The smallest absolute Gasteiger partial charge is 0.206 e. The zero-order chi connectivity index (χ0) is 10.7. The lowest BCUT2D eigenvalue weighted by Crippen LogP contribution is -2.25. The van der Waals surface area contributed by atoms with Gasteiger partial charge in [0.2, 0.25) is 5.96 Å². The largest absolute Gasteiger partial charge is 0.369 e. The normalized spacial score (nSPS) is 10.2. The Hall–Kier alpha value is -2.01. The van der Waals surface area contributed by atoms with E-state index in [2.05, 4.69) is 15.5 Å². The Morgan fingerprint density at radius 1 is 1.44 bits per heavy atom. The van der Waals surface area contributed by atoms with Gasteiger partial charge in [0.25, 0.3) is 0 Å². The fourth-order valence-corrected chi connectivity index (χ4v) is 1.33. The molecular formula is C10H12ClN5. The highest BCUT2D eigenvalue weighted by atomic mass is 35.5. The molecule has 6 heteroatoms. The molecule has 0 bridgehead atoms. The van der Waals surface area contributed by atoms with Crippen molar-refractivity contribution < 1.29 is 0 Å². The number of hydrogen-bond acceptors (Lipinski definition) is 2. The number of aromatic nitrogens is 1. The highest BCUT2D eigenvalue weighted by Crippen LogP contribution is 2.12. The van der Waals surface area contributed by atoms with E-state index in [4.69, 9.17) is 11.1 Å². The zero-order valence-electron chi connectivity index (χ0n) is 8.40. The van der Waals surface area contributed by atoms with Crippen molar-refractivity contribution in [3.8, 4) is 0 Å². The third kappa shape index (κ3) is 2.74. The summed E-state index contributed by atoms with van der Waals surface area (Å²) in [5.41, 5.74) is 9.49. The summed E-state index contributed by atoms with van der Waals surface area (Å²) < 4.78 is 0. The van der Waals surface area contributed by atoms with Crippen molar-refractivity contribution in [3.63, 3.8) is 0 Å². The highest BCUT2D eigenvalue weighted by molar-refractivity contribution is 5.89. The minimum absolute atomic E-state index is 0. The highest BCUT2D eigenvalue weighted by Gasteiger charge is 1.94. The maximum atomic E-state index is 6.91. The lowest BCUT2D eigenvalue weighted by atomic mass is 10.2. The van der Waals surface area contributed by atoms with E-state index in [0.717, 1.165) is 16.5 Å². The number of nitrogens with zero attached hydrogens (tertiary/aromatic N) is 1. The van der Waals surface area contributed by atoms with Crippen LogP contribution in [0.4, 0.5) is 0 Å². The molecule has 16 heavy (non-hydrogen) atoms. The summed E-state index contributed by atoms with van der Waals surface area (Å²) in [4.78, 5) is 3.11. The third-order valence-corrected chi connectivity index (χ3v) is 1.98. The van der Waals surface area contributed by atoms with Crippen molar-refractivity contribution in [3.05, 3.63) is 36.0 Å². The molecule has 0 aliphatic heterocycles. The molecule has 2 aromatic rings. The average Bonchev–Trinajstić information content (AvgIpc) is 2.64. The fourth-order valence-electron chi connectivity index (χ4n) is 1.33. The molecule has 1 heterocycles. The zero-order valence-corrected chi connectivity index (χ0v) is 9.21. The molecule has 5 nitrogen and oxygen atoms in total. The summed E-state index contributed by atoms with van der Waals surface area (Å²) in [6.07, 6.45) is 3.51. The van der Waals surface area contributed by atoms with Crippen molar-refractivity contribution in [1.29, 1.82) is 5.41 Å². The second kappa shape index (κ2) is 5.18. The van der Waals surface area contributed by atoms with Crippen LogP contribution in [0, 0.1) is 5.41 Å². The fraction of sp³-hybridized carbons (Fsp3) is 0. The Kier molecular flexibility index (Phi) is 3.90. The Labute approximate surface area is 98.6 Å². The summed E-state index contributed by atoms with van der Waals surface area (Å²) in [6, 6.07) is 7.90. The third-order valence-electron chi connectivity index (χ3n) is 1.98. The van der Waals surface area contributed by atoms with Gasteiger partial charge in [-0.1, -0.05) is 6.07 Å². The Morgan fingerprint density at radius 3 is 3.00 bits per heavy atom. The quantitative estimate of drug-likeness (QED) is 0.361. The van der Waals surface area contributed by atoms with E-state index in [1.165, 1.54) is 0 Å². The molecule has 0 aliphatic rings. The number of halogens is 1. The second-order valence-electron chi connectivity index (χ2n) is 3.11. The van der Waals surface area contributed by atoms with Crippen LogP contribution in [0.2, 0.25) is 0 Å². The Morgan fingerprint density at radius 2 is 2.25 bits per heavy atom. The lowest BCUT2D eigenvalue weighted by Gasteiger charge is -1.95. The van der Waals surface area contributed by atoms with Gasteiger partial charge in [-0.2, -0.15) is 5.10 Å². The van der Waals surface area contributed by atoms with Crippen LogP contribution in [0.3, 0.4) is 0 Å². The van der Waals surface area contributed by atoms with E-state index in [9.17, 15) is 0 Å². The predicted molar refractivity (Wildman–Crippen MR) is 68.2 cm³/mol. The standard InChI is InChI=1S/C10H11N5.ClH/c11-10(12)15-14-6-7-1-2-9-8(5-7)3-4-13-9;/h1-6,13H,(H4,11,12,15);1H. The molecule has 0 radical (unpaired) electrons. The SMILES string of the molecule is Cl.N=C(N)NN=Cc1ccc2[nH]ccc2c1. The summed E-state index contributed by atoms with van der Waals surface area (Å²) in [5.74, 6) is -0.172. The number of aromatic amines is 1. The maximum Gasteiger partial charge on any atom is 0.206 e. The van der Waals surface area contributed by atoms with Crippen LogP contribution in [-0.4, -0.2) is 17.2 Å². The molecule has 0 amide bonds. The van der Waals surface area contributed by atoms with Crippen molar-refractivity contribution in [2.24, 2.45) is 10.8 Å². The van der Waals surface area contributed by atoms with Gasteiger partial charge in [-0.05, 0) is 29.1 Å². The molecule has 0 atom stereocenters. The lowest BCUT2D eigenvalue weighted by molar-refractivity contribution is 1.00. The van der Waals surface area contributed by atoms with Gasteiger partial charge in [0.15, 0.2) is 0 Å². The molecule has 0 aliphatic carbocycles. The van der Waals surface area contributed by atoms with E-state index in [-0.39, 0.29) is 18.4 Å². The molecular weight excluding hydrogens is 226 g/mol. The topological polar surface area (TPSA) is 90.1 Å². The van der Waals surface area contributed by atoms with E-state index < -0.39 is 0 Å². The monoisotopic (exact) mass is 237 g/mol. The first-order valence-electron chi connectivity index (χ1n) is 4.46. The van der Waals surface area contributed by atoms with Crippen LogP contribution >= 0.6 is 12.4 Å². The van der Waals surface area contributed by atoms with Gasteiger partial charge in [-0.3, -0.25) is 5.41 Å². The number of fused-ring (bicyclic) bond motifs is 1. The predicted octanol–water partition coefficient (Wildman–Crippen LogP) is 1.41. The minimum Gasteiger partial charge on any atom is -0.369 e. The van der Waals surface area contributed by atoms with Gasteiger partial charge in [-0.25, -0.2) is 5.43 Å². The number of rotatable bonds is 2. The second-order valence-corrected chi connectivity index (χ2v) is 3.11. The van der Waals surface area contributed by atoms with Crippen molar-refractivity contribution in [2.75, 3.05) is 0 Å². The molecule has 1 aromatic carbocycles. The van der Waals surface area contributed by atoms with E-state index in [1.54, 1.807) is 6.21 Å². The Balaban J connectivity index is 0.00000128. The molecule has 5 N–H and O–H groups in total. The van der Waals surface area contributed by atoms with Gasteiger partial charge in [0, 0.05) is 11.7 Å². The first-order chi connectivity index (χ1) is 7.25. The van der Waals surface area contributed by atoms with Gasteiger partial charge in [0.05, 0.1) is 6.21 Å². The van der Waals surface area contributed by atoms with Crippen molar-refractivity contribution >= 4 is 35.5 Å². The summed E-state index contributed by atoms with van der Waals surface area (Å²) in [5, 5.41) is 11.8. The van der Waals surface area contributed by atoms with Crippen molar-refractivity contribution in [1.82, 2.24) is 10.4 Å². The summed E-state index contributed by atoms with van der Waals surface area (Å²) >= 11 is 0. The van der Waals surface area contributed by atoms with E-state index >= 15 is 0 Å². The van der Waals surface area contributed by atoms with Gasteiger partial charge in [-0.15, -0.1) is 12.4 Å². The number of H-pyrrole nitrogens is 1. The molecule has 0 unspecified atom stereocenters.